The van der Waals surface area contributed by atoms with Crippen molar-refractivity contribution >= 4 is 5.91 Å². The SMILES string of the molecule is CC(C)=C[C@@H]1[C@@H](C(=O)N[C@@H](C)c2ccncc2)C1(C)C. The Balaban J connectivity index is 2.02. The molecular weight excluding hydrogens is 248 g/mol. The van der Waals surface area contributed by atoms with Crippen LogP contribution >= 0.6 is 0 Å². The third-order valence-electron chi connectivity index (χ3n) is 4.27. The molecule has 1 fully saturated rings. The standard InChI is InChI=1S/C17H24N2O/c1-11(2)10-14-15(17(14,4)5)16(20)19-12(3)13-6-8-18-9-7-13/h6-10,12,14-15H,1-5H3,(H,19,20)/t12-,14+,15-/m0/s1. The van der Waals surface area contributed by atoms with Crippen molar-refractivity contribution in [3.8, 4) is 0 Å². The number of rotatable bonds is 4. The van der Waals surface area contributed by atoms with E-state index in [-0.39, 0.29) is 23.3 Å². The highest BCUT2D eigenvalue weighted by Gasteiger charge is 2.60. The first kappa shape index (κ1) is 14.8. The van der Waals surface area contributed by atoms with E-state index in [1.807, 2.05) is 19.1 Å². The molecule has 108 valence electrons. The lowest BCUT2D eigenvalue weighted by Gasteiger charge is -2.14. The fraction of sp³-hybridized carbons (Fsp3) is 0.529. The highest BCUT2D eigenvalue weighted by atomic mass is 16.2. The van der Waals surface area contributed by atoms with Crippen LogP contribution < -0.4 is 5.32 Å². The number of nitrogens with one attached hydrogen (secondary N) is 1. The fourth-order valence-electron chi connectivity index (χ4n) is 2.89. The van der Waals surface area contributed by atoms with Crippen LogP contribution in [0.4, 0.5) is 0 Å². The molecule has 20 heavy (non-hydrogen) atoms. The molecule has 1 amide bonds. The predicted molar refractivity (Wildman–Crippen MR) is 81.0 cm³/mol. The molecule has 1 aliphatic carbocycles. The molecule has 1 saturated carbocycles. The summed E-state index contributed by atoms with van der Waals surface area (Å²) >= 11 is 0. The van der Waals surface area contributed by atoms with Gasteiger partial charge in [0.2, 0.25) is 5.91 Å². The van der Waals surface area contributed by atoms with Crippen LogP contribution in [0.15, 0.2) is 36.2 Å². The van der Waals surface area contributed by atoms with Crippen molar-refractivity contribution in [2.75, 3.05) is 0 Å². The second-order valence-electron chi connectivity index (χ2n) is 6.58. The summed E-state index contributed by atoms with van der Waals surface area (Å²) in [6.45, 7) is 10.5. The Bertz CT molecular complexity index is 515. The molecule has 1 aliphatic rings. The van der Waals surface area contributed by atoms with Crippen molar-refractivity contribution < 1.29 is 4.79 Å². The van der Waals surface area contributed by atoms with Crippen molar-refractivity contribution in [2.24, 2.45) is 17.3 Å². The van der Waals surface area contributed by atoms with Gasteiger partial charge in [-0.3, -0.25) is 9.78 Å². The van der Waals surface area contributed by atoms with Crippen LogP contribution in [-0.4, -0.2) is 10.9 Å². The van der Waals surface area contributed by atoms with Crippen molar-refractivity contribution in [3.63, 3.8) is 0 Å². The van der Waals surface area contributed by atoms with E-state index < -0.39 is 0 Å². The zero-order valence-electron chi connectivity index (χ0n) is 13.0. The van der Waals surface area contributed by atoms with E-state index in [4.69, 9.17) is 0 Å². The summed E-state index contributed by atoms with van der Waals surface area (Å²) in [5.74, 6) is 0.598. The lowest BCUT2D eigenvalue weighted by molar-refractivity contribution is -0.123. The second-order valence-corrected chi connectivity index (χ2v) is 6.58. The molecular formula is C17H24N2O. The summed E-state index contributed by atoms with van der Waals surface area (Å²) in [6.07, 6.45) is 5.73. The summed E-state index contributed by atoms with van der Waals surface area (Å²) < 4.78 is 0. The molecule has 3 heteroatoms. The topological polar surface area (TPSA) is 42.0 Å². The van der Waals surface area contributed by atoms with Gasteiger partial charge in [-0.15, -0.1) is 0 Å². The number of nitrogens with zero attached hydrogens (tertiary/aromatic N) is 1. The molecule has 0 unspecified atom stereocenters. The van der Waals surface area contributed by atoms with Crippen LogP contribution in [0.25, 0.3) is 0 Å². The van der Waals surface area contributed by atoms with E-state index >= 15 is 0 Å². The number of pyridine rings is 1. The molecule has 0 bridgehead atoms. The zero-order chi connectivity index (χ0) is 14.9. The molecule has 1 aromatic rings. The minimum Gasteiger partial charge on any atom is -0.349 e. The number of amides is 1. The lowest BCUT2D eigenvalue weighted by atomic mass is 10.1. The number of aromatic nitrogens is 1. The van der Waals surface area contributed by atoms with Gasteiger partial charge in [-0.1, -0.05) is 25.5 Å². The van der Waals surface area contributed by atoms with E-state index in [1.165, 1.54) is 5.57 Å². The van der Waals surface area contributed by atoms with Crippen LogP contribution in [-0.2, 0) is 4.79 Å². The first-order chi connectivity index (χ1) is 9.34. The van der Waals surface area contributed by atoms with Crippen LogP contribution in [0, 0.1) is 17.3 Å². The highest BCUT2D eigenvalue weighted by molar-refractivity contribution is 5.84. The van der Waals surface area contributed by atoms with Gasteiger partial charge < -0.3 is 5.32 Å². The third kappa shape index (κ3) is 2.92. The average molecular weight is 272 g/mol. The van der Waals surface area contributed by atoms with Crippen LogP contribution in [0.2, 0.25) is 0 Å². The first-order valence-corrected chi connectivity index (χ1v) is 7.19. The Labute approximate surface area is 121 Å². The number of allylic oxidation sites excluding steroid dienone is 2. The Morgan fingerprint density at radius 1 is 1.35 bits per heavy atom. The van der Waals surface area contributed by atoms with Gasteiger partial charge in [-0.2, -0.15) is 0 Å². The lowest BCUT2D eigenvalue weighted by Crippen LogP contribution is -2.29. The molecule has 0 radical (unpaired) electrons. The minimum absolute atomic E-state index is 0.0225. The van der Waals surface area contributed by atoms with Gasteiger partial charge in [-0.05, 0) is 49.8 Å². The van der Waals surface area contributed by atoms with E-state index in [9.17, 15) is 4.79 Å². The number of carbonyl (C=O) groups excluding carboxylic acids is 1. The Morgan fingerprint density at radius 3 is 2.50 bits per heavy atom. The van der Waals surface area contributed by atoms with E-state index in [1.54, 1.807) is 12.4 Å². The van der Waals surface area contributed by atoms with Crippen molar-refractivity contribution in [1.29, 1.82) is 0 Å². The number of carbonyl (C=O) groups is 1. The van der Waals surface area contributed by atoms with Crippen molar-refractivity contribution in [1.82, 2.24) is 10.3 Å². The monoisotopic (exact) mass is 272 g/mol. The first-order valence-electron chi connectivity index (χ1n) is 7.19. The summed E-state index contributed by atoms with van der Waals surface area (Å²) in [5.41, 5.74) is 2.44. The highest BCUT2D eigenvalue weighted by Crippen LogP contribution is 2.59. The van der Waals surface area contributed by atoms with Crippen LogP contribution in [0.5, 0.6) is 0 Å². The summed E-state index contributed by atoms with van der Waals surface area (Å²) in [4.78, 5) is 16.4. The second kappa shape index (κ2) is 5.39. The summed E-state index contributed by atoms with van der Waals surface area (Å²) in [6, 6.07) is 3.90. The van der Waals surface area contributed by atoms with E-state index in [0.717, 1.165) is 5.56 Å². The van der Waals surface area contributed by atoms with Gasteiger partial charge in [0.05, 0.1) is 12.0 Å². The average Bonchev–Trinajstić information content (AvgIpc) is 2.91. The minimum atomic E-state index is 0.0225. The molecule has 3 nitrogen and oxygen atoms in total. The molecule has 0 aliphatic heterocycles. The number of hydrogen-bond acceptors (Lipinski definition) is 2. The maximum absolute atomic E-state index is 12.4. The van der Waals surface area contributed by atoms with Gasteiger partial charge in [-0.25, -0.2) is 0 Å². The molecule has 1 aromatic heterocycles. The molecule has 3 atom stereocenters. The number of hydrogen-bond donors (Lipinski definition) is 1. The quantitative estimate of drug-likeness (QED) is 0.852. The molecule has 0 aromatic carbocycles. The van der Waals surface area contributed by atoms with E-state index in [0.29, 0.717) is 5.92 Å². The van der Waals surface area contributed by atoms with Gasteiger partial charge in [0, 0.05) is 12.4 Å². The van der Waals surface area contributed by atoms with Gasteiger partial charge >= 0.3 is 0 Å². The summed E-state index contributed by atoms with van der Waals surface area (Å²) in [7, 11) is 0. The third-order valence-corrected chi connectivity index (χ3v) is 4.27. The molecule has 2 rings (SSSR count). The molecule has 0 spiro atoms. The Kier molecular flexibility index (Phi) is 3.98. The van der Waals surface area contributed by atoms with Gasteiger partial charge in [0.15, 0.2) is 0 Å². The summed E-state index contributed by atoms with van der Waals surface area (Å²) in [5, 5.41) is 3.12. The predicted octanol–water partition coefficient (Wildman–Crippen LogP) is 3.50. The molecule has 1 N–H and O–H groups in total. The smallest absolute Gasteiger partial charge is 0.224 e. The molecule has 1 heterocycles. The van der Waals surface area contributed by atoms with Crippen LogP contribution in [0.3, 0.4) is 0 Å². The fourth-order valence-corrected chi connectivity index (χ4v) is 2.89. The Morgan fingerprint density at radius 2 is 1.95 bits per heavy atom. The van der Waals surface area contributed by atoms with E-state index in [2.05, 4.69) is 44.1 Å². The van der Waals surface area contributed by atoms with Gasteiger partial charge in [0.25, 0.3) is 0 Å². The van der Waals surface area contributed by atoms with Gasteiger partial charge in [0.1, 0.15) is 0 Å². The maximum atomic E-state index is 12.4. The van der Waals surface area contributed by atoms with Crippen LogP contribution in [0.1, 0.15) is 46.2 Å². The Hall–Kier alpha value is -1.64. The molecule has 0 saturated heterocycles. The normalized spacial score (nSPS) is 24.6. The van der Waals surface area contributed by atoms with Crippen molar-refractivity contribution in [3.05, 3.63) is 41.7 Å². The zero-order valence-corrected chi connectivity index (χ0v) is 13.0. The van der Waals surface area contributed by atoms with Crippen molar-refractivity contribution in [2.45, 2.75) is 40.7 Å². The largest absolute Gasteiger partial charge is 0.349 e. The maximum Gasteiger partial charge on any atom is 0.224 e.